The molecule has 160 valence electrons. The van der Waals surface area contributed by atoms with Gasteiger partial charge >= 0.3 is 6.03 Å². The van der Waals surface area contributed by atoms with Crippen LogP contribution in [0.25, 0.3) is 11.3 Å². The average Bonchev–Trinajstić information content (AvgIpc) is 3.09. The van der Waals surface area contributed by atoms with Crippen LogP contribution in [0.2, 0.25) is 0 Å². The van der Waals surface area contributed by atoms with Gasteiger partial charge in [-0.05, 0) is 12.1 Å². The molecule has 0 radical (unpaired) electrons. The Morgan fingerprint density at radius 1 is 1.00 bits per heavy atom. The standard InChI is InChI=1S/C20H15F4N5O2/c21-11-3-1-2-10(6-11)17-16(19(25)30)15-9-28(4-5-29(15)27-17)20(31)26-18-13(23)7-12(22)8-14(18)24/h1-3,6-8H,4-5,9H2,(H2,25,30)(H,26,31). The van der Waals surface area contributed by atoms with Gasteiger partial charge in [0.05, 0.1) is 24.3 Å². The molecule has 0 saturated heterocycles. The van der Waals surface area contributed by atoms with Crippen LogP contribution in [0.15, 0.2) is 36.4 Å². The molecule has 0 aliphatic carbocycles. The van der Waals surface area contributed by atoms with Crippen LogP contribution in [0.1, 0.15) is 16.1 Å². The van der Waals surface area contributed by atoms with E-state index in [-0.39, 0.29) is 30.9 Å². The van der Waals surface area contributed by atoms with E-state index < -0.39 is 40.9 Å². The normalized spacial score (nSPS) is 13.1. The predicted molar refractivity (Wildman–Crippen MR) is 102 cm³/mol. The van der Waals surface area contributed by atoms with Crippen molar-refractivity contribution in [3.05, 3.63) is 70.9 Å². The number of nitrogens with two attached hydrogens (primary N) is 1. The van der Waals surface area contributed by atoms with Crippen LogP contribution in [-0.4, -0.2) is 33.2 Å². The molecular formula is C20H15F4N5O2. The zero-order valence-electron chi connectivity index (χ0n) is 15.8. The van der Waals surface area contributed by atoms with Crippen molar-refractivity contribution in [1.82, 2.24) is 14.7 Å². The highest BCUT2D eigenvalue weighted by atomic mass is 19.1. The van der Waals surface area contributed by atoms with Gasteiger partial charge in [0.15, 0.2) is 11.6 Å². The smallest absolute Gasteiger partial charge is 0.322 e. The van der Waals surface area contributed by atoms with Crippen LogP contribution >= 0.6 is 0 Å². The largest absolute Gasteiger partial charge is 0.365 e. The third-order valence-electron chi connectivity index (χ3n) is 4.85. The number of benzene rings is 2. The van der Waals surface area contributed by atoms with Gasteiger partial charge in [0, 0.05) is 24.2 Å². The molecule has 1 aromatic heterocycles. The number of anilines is 1. The van der Waals surface area contributed by atoms with Gasteiger partial charge in [0.25, 0.3) is 5.91 Å². The Balaban J connectivity index is 1.64. The molecule has 0 fully saturated rings. The van der Waals surface area contributed by atoms with E-state index in [1.165, 1.54) is 27.8 Å². The van der Waals surface area contributed by atoms with E-state index in [4.69, 9.17) is 5.73 Å². The fourth-order valence-electron chi connectivity index (χ4n) is 3.44. The van der Waals surface area contributed by atoms with Crippen molar-refractivity contribution in [2.24, 2.45) is 5.73 Å². The molecule has 3 amide bonds. The molecule has 2 aromatic carbocycles. The maximum absolute atomic E-state index is 13.9. The molecule has 0 saturated carbocycles. The molecule has 0 atom stereocenters. The first-order valence-corrected chi connectivity index (χ1v) is 9.10. The molecule has 0 spiro atoms. The van der Waals surface area contributed by atoms with E-state index in [1.54, 1.807) is 6.07 Å². The number of amides is 3. The molecule has 4 rings (SSSR count). The first-order chi connectivity index (χ1) is 14.7. The number of nitrogens with one attached hydrogen (secondary N) is 1. The molecular weight excluding hydrogens is 418 g/mol. The minimum absolute atomic E-state index is 0.0160. The van der Waals surface area contributed by atoms with Crippen LogP contribution in [0.4, 0.5) is 28.0 Å². The van der Waals surface area contributed by atoms with Crippen LogP contribution in [0, 0.1) is 23.3 Å². The number of hydrogen-bond donors (Lipinski definition) is 2. The second-order valence-corrected chi connectivity index (χ2v) is 6.86. The van der Waals surface area contributed by atoms with Gasteiger partial charge in [-0.2, -0.15) is 5.10 Å². The van der Waals surface area contributed by atoms with Crippen LogP contribution in [-0.2, 0) is 13.1 Å². The Labute approximate surface area is 173 Å². The maximum atomic E-state index is 13.9. The number of rotatable bonds is 3. The molecule has 1 aliphatic rings. The molecule has 0 unspecified atom stereocenters. The number of halogens is 4. The summed E-state index contributed by atoms with van der Waals surface area (Å²) >= 11 is 0. The van der Waals surface area contributed by atoms with E-state index in [0.717, 1.165) is 0 Å². The summed E-state index contributed by atoms with van der Waals surface area (Å²) in [7, 11) is 0. The Bertz CT molecular complexity index is 1190. The molecule has 2 heterocycles. The molecule has 31 heavy (non-hydrogen) atoms. The number of aromatic nitrogens is 2. The fourth-order valence-corrected chi connectivity index (χ4v) is 3.44. The van der Waals surface area contributed by atoms with Gasteiger partial charge < -0.3 is 16.0 Å². The third-order valence-corrected chi connectivity index (χ3v) is 4.85. The van der Waals surface area contributed by atoms with Gasteiger partial charge in [0.1, 0.15) is 23.0 Å². The van der Waals surface area contributed by atoms with Gasteiger partial charge in [-0.25, -0.2) is 22.4 Å². The zero-order chi connectivity index (χ0) is 22.3. The van der Waals surface area contributed by atoms with E-state index in [0.29, 0.717) is 23.4 Å². The SMILES string of the molecule is NC(=O)c1c(-c2cccc(F)c2)nn2c1CN(C(=O)Nc1c(F)cc(F)cc1F)CC2. The molecule has 11 heteroatoms. The van der Waals surface area contributed by atoms with Crippen LogP contribution < -0.4 is 11.1 Å². The lowest BCUT2D eigenvalue weighted by Crippen LogP contribution is -2.41. The minimum Gasteiger partial charge on any atom is -0.365 e. The number of hydrogen-bond acceptors (Lipinski definition) is 3. The summed E-state index contributed by atoms with van der Waals surface area (Å²) in [4.78, 5) is 25.9. The summed E-state index contributed by atoms with van der Waals surface area (Å²) < 4.78 is 55.9. The van der Waals surface area contributed by atoms with Gasteiger partial charge in [-0.15, -0.1) is 0 Å². The van der Waals surface area contributed by atoms with Crippen molar-refractivity contribution in [3.63, 3.8) is 0 Å². The van der Waals surface area contributed by atoms with Crippen molar-refractivity contribution in [1.29, 1.82) is 0 Å². The Hall–Kier alpha value is -3.89. The Morgan fingerprint density at radius 3 is 2.35 bits per heavy atom. The third kappa shape index (κ3) is 3.81. The molecule has 0 bridgehead atoms. The molecule has 1 aliphatic heterocycles. The summed E-state index contributed by atoms with van der Waals surface area (Å²) in [6.07, 6.45) is 0. The number of carbonyl (C=O) groups is 2. The highest BCUT2D eigenvalue weighted by Gasteiger charge is 2.30. The monoisotopic (exact) mass is 433 g/mol. The van der Waals surface area contributed by atoms with Crippen molar-refractivity contribution >= 4 is 17.6 Å². The Morgan fingerprint density at radius 2 is 1.71 bits per heavy atom. The van der Waals surface area contributed by atoms with Crippen molar-refractivity contribution in [3.8, 4) is 11.3 Å². The van der Waals surface area contributed by atoms with E-state index in [9.17, 15) is 27.2 Å². The number of nitrogens with zero attached hydrogens (tertiary/aromatic N) is 3. The number of urea groups is 1. The van der Waals surface area contributed by atoms with Crippen molar-refractivity contribution in [2.45, 2.75) is 13.1 Å². The topological polar surface area (TPSA) is 93.2 Å². The fraction of sp³-hybridized carbons (Fsp3) is 0.150. The second-order valence-electron chi connectivity index (χ2n) is 6.86. The van der Waals surface area contributed by atoms with Crippen molar-refractivity contribution < 1.29 is 27.2 Å². The first-order valence-electron chi connectivity index (χ1n) is 9.10. The number of primary amides is 1. The minimum atomic E-state index is -1.26. The van der Waals surface area contributed by atoms with Gasteiger partial charge in [-0.3, -0.25) is 9.48 Å². The van der Waals surface area contributed by atoms with Crippen LogP contribution in [0.5, 0.6) is 0 Å². The van der Waals surface area contributed by atoms with Gasteiger partial charge in [-0.1, -0.05) is 12.1 Å². The summed E-state index contributed by atoms with van der Waals surface area (Å²) in [5.74, 6) is -4.99. The van der Waals surface area contributed by atoms with E-state index in [1.807, 2.05) is 0 Å². The van der Waals surface area contributed by atoms with Crippen molar-refractivity contribution in [2.75, 3.05) is 11.9 Å². The highest BCUT2D eigenvalue weighted by molar-refractivity contribution is 6.00. The summed E-state index contributed by atoms with van der Waals surface area (Å²) in [6.45, 7) is 0.120. The Kier molecular flexibility index (Phi) is 5.09. The average molecular weight is 433 g/mol. The quantitative estimate of drug-likeness (QED) is 0.621. The predicted octanol–water partition coefficient (Wildman–Crippen LogP) is 3.25. The summed E-state index contributed by atoms with van der Waals surface area (Å²) in [6, 6.07) is 5.49. The first kappa shape index (κ1) is 20.4. The summed E-state index contributed by atoms with van der Waals surface area (Å²) in [5, 5.41) is 6.40. The highest BCUT2D eigenvalue weighted by Crippen LogP contribution is 2.29. The van der Waals surface area contributed by atoms with E-state index in [2.05, 4.69) is 10.4 Å². The summed E-state index contributed by atoms with van der Waals surface area (Å²) in [5.41, 5.74) is 5.54. The lowest BCUT2D eigenvalue weighted by molar-refractivity contribution is 0.0997. The molecule has 3 N–H and O–H groups in total. The zero-order valence-corrected chi connectivity index (χ0v) is 15.8. The second kappa shape index (κ2) is 7.74. The number of carbonyl (C=O) groups excluding carboxylic acids is 2. The molecule has 7 nitrogen and oxygen atoms in total. The molecule has 3 aromatic rings. The van der Waals surface area contributed by atoms with Gasteiger partial charge in [0.2, 0.25) is 0 Å². The maximum Gasteiger partial charge on any atom is 0.322 e. The lowest BCUT2D eigenvalue weighted by Gasteiger charge is -2.28. The lowest BCUT2D eigenvalue weighted by atomic mass is 10.0. The van der Waals surface area contributed by atoms with Crippen LogP contribution in [0.3, 0.4) is 0 Å². The van der Waals surface area contributed by atoms with E-state index >= 15 is 0 Å². The number of fused-ring (bicyclic) bond motifs is 1.